The molecule has 6 nitrogen and oxygen atoms in total. The zero-order valence-electron chi connectivity index (χ0n) is 35.9. The Labute approximate surface area is 367 Å². The molecule has 6 aromatic rings. The summed E-state index contributed by atoms with van der Waals surface area (Å²) < 4.78 is 2.46. The van der Waals surface area contributed by atoms with E-state index in [9.17, 15) is 0 Å². The summed E-state index contributed by atoms with van der Waals surface area (Å²) >= 11 is 8.33. The summed E-state index contributed by atoms with van der Waals surface area (Å²) in [5.74, 6) is 1.04. The number of aromatic nitrogens is 1. The number of hydrogen-bond donors (Lipinski definition) is 2. The predicted molar refractivity (Wildman–Crippen MR) is 267 cm³/mol. The molecule has 0 saturated carbocycles. The van der Waals surface area contributed by atoms with Gasteiger partial charge in [0.25, 0.3) is 0 Å². The number of nitrogen functional groups attached to an aromatic ring is 1. The number of nitrogens with zero attached hydrogens (tertiary/aromatic N) is 4. The van der Waals surface area contributed by atoms with Crippen LogP contribution in [0.3, 0.4) is 0 Å². The van der Waals surface area contributed by atoms with Crippen LogP contribution in [-0.4, -0.2) is 74.4 Å². The number of thioether (sulfide) groups is 1. The summed E-state index contributed by atoms with van der Waals surface area (Å²) in [5, 5.41) is 7.94. The molecular weight excluding hydrogens is 795 g/mol. The average molecular weight is 856 g/mol. The second-order valence-electron chi connectivity index (χ2n) is 17.0. The number of anilines is 4. The van der Waals surface area contributed by atoms with E-state index in [-0.39, 0.29) is 0 Å². The summed E-state index contributed by atoms with van der Waals surface area (Å²) in [4.78, 5) is 8.71. The van der Waals surface area contributed by atoms with Gasteiger partial charge < -0.3 is 4.57 Å². The Bertz CT molecular complexity index is 2460. The largest absolute Gasteiger partial charge is 0.344 e. The molecule has 0 radical (unpaired) electrons. The van der Waals surface area contributed by atoms with Crippen molar-refractivity contribution in [3.8, 4) is 22.4 Å². The molecule has 3 heterocycles. The first kappa shape index (κ1) is 42.1. The van der Waals surface area contributed by atoms with Crippen LogP contribution in [-0.2, 0) is 6.54 Å². The third kappa shape index (κ3) is 7.98. The number of benzene rings is 5. The molecule has 8 rings (SSSR count). The van der Waals surface area contributed by atoms with E-state index in [4.69, 9.17) is 17.3 Å². The van der Waals surface area contributed by atoms with Crippen molar-refractivity contribution >= 4 is 69.6 Å². The van der Waals surface area contributed by atoms with Gasteiger partial charge in [-0.3, -0.25) is 0 Å². The van der Waals surface area contributed by atoms with E-state index < -0.39 is 6.75 Å². The van der Waals surface area contributed by atoms with Gasteiger partial charge in [-0.25, -0.2) is 0 Å². The topological polar surface area (TPSA) is 52.7 Å². The minimum Gasteiger partial charge on any atom is -0.344 e. The number of nitrogens with two attached hydrogens (primary N) is 1. The van der Waals surface area contributed by atoms with Crippen molar-refractivity contribution in [3.63, 3.8) is 0 Å². The predicted octanol–water partition coefficient (Wildman–Crippen LogP) is 11.3. The molecule has 5 aromatic carbocycles. The molecule has 0 aliphatic carbocycles. The van der Waals surface area contributed by atoms with Crippen LogP contribution in [0.5, 0.6) is 0 Å². The SMILES string of the molecule is C=Cc1c(-c2cccc(N3CCN(c4ccc(NP5(C)(C(CCN(C)C)CSc6ccccc6)c6ccc(N)cc65)cc4)CC3)c2)c(-c2ccc(Cl)cc2)n(CCC)c1C. The van der Waals surface area contributed by atoms with E-state index in [1.807, 2.05) is 30.0 Å². The number of hydrogen-bond acceptors (Lipinski definition) is 6. The van der Waals surface area contributed by atoms with Gasteiger partial charge in [-0.05, 0) is 31.0 Å². The van der Waals surface area contributed by atoms with Crippen LogP contribution < -0.4 is 31.2 Å². The Morgan fingerprint density at radius 1 is 0.833 bits per heavy atom. The second-order valence-corrected chi connectivity index (χ2v) is 23.8. The van der Waals surface area contributed by atoms with Crippen LogP contribution in [0.4, 0.5) is 22.7 Å². The maximum absolute atomic E-state index is 6.46. The Morgan fingerprint density at radius 3 is 2.18 bits per heavy atom. The van der Waals surface area contributed by atoms with Gasteiger partial charge in [0.1, 0.15) is 0 Å². The Balaban J connectivity index is 1.00. The molecule has 312 valence electrons. The maximum Gasteiger partial charge on any atom is 0.0568 e. The minimum atomic E-state index is -2.71. The quantitative estimate of drug-likeness (QED) is 0.0575. The fraction of sp³-hybridized carbons (Fsp3) is 0.294. The van der Waals surface area contributed by atoms with Crippen LogP contribution in [0.2, 0.25) is 5.02 Å². The summed E-state index contributed by atoms with van der Waals surface area (Å²) in [6, 6.07) is 44.1. The number of piperazine rings is 1. The molecule has 0 amide bonds. The van der Waals surface area contributed by atoms with Crippen molar-refractivity contribution < 1.29 is 0 Å². The normalized spacial score (nSPS) is 16.5. The van der Waals surface area contributed by atoms with Crippen molar-refractivity contribution in [2.24, 2.45) is 0 Å². The first-order valence-corrected chi connectivity index (χ1v) is 25.5. The van der Waals surface area contributed by atoms with Crippen molar-refractivity contribution in [1.82, 2.24) is 9.47 Å². The van der Waals surface area contributed by atoms with Crippen LogP contribution in [0, 0.1) is 6.92 Å². The third-order valence-corrected chi connectivity index (χ3v) is 20.8. The Hall–Kier alpha value is -4.65. The van der Waals surface area contributed by atoms with E-state index in [1.54, 1.807) is 0 Å². The van der Waals surface area contributed by atoms with Crippen LogP contribution in [0.25, 0.3) is 28.5 Å². The van der Waals surface area contributed by atoms with Gasteiger partial charge in [0, 0.05) is 28.4 Å². The van der Waals surface area contributed by atoms with Crippen molar-refractivity contribution in [2.45, 2.75) is 43.8 Å². The summed E-state index contributed by atoms with van der Waals surface area (Å²) in [5.41, 5.74) is 18.8. The van der Waals surface area contributed by atoms with Gasteiger partial charge in [-0.2, -0.15) is 0 Å². The maximum atomic E-state index is 6.46. The van der Waals surface area contributed by atoms with Gasteiger partial charge >= 0.3 is 250 Å². The Morgan fingerprint density at radius 2 is 1.53 bits per heavy atom. The molecule has 9 heteroatoms. The fourth-order valence-electron chi connectivity index (χ4n) is 9.56. The zero-order chi connectivity index (χ0) is 42.0. The van der Waals surface area contributed by atoms with Crippen LogP contribution in [0.1, 0.15) is 31.0 Å². The first-order valence-electron chi connectivity index (χ1n) is 21.4. The molecule has 1 saturated heterocycles. The first-order chi connectivity index (χ1) is 29.0. The van der Waals surface area contributed by atoms with Crippen molar-refractivity contribution in [3.05, 3.63) is 144 Å². The molecule has 60 heavy (non-hydrogen) atoms. The molecule has 2 aliphatic heterocycles. The molecule has 1 unspecified atom stereocenters. The van der Waals surface area contributed by atoms with Gasteiger partial charge in [-0.15, -0.1) is 0 Å². The molecule has 3 N–H and O–H groups in total. The van der Waals surface area contributed by atoms with Gasteiger partial charge in [0.05, 0.1) is 5.69 Å². The van der Waals surface area contributed by atoms with E-state index in [2.05, 4.69) is 175 Å². The van der Waals surface area contributed by atoms with Crippen LogP contribution >= 0.6 is 30.1 Å². The smallest absolute Gasteiger partial charge is 0.0568 e. The van der Waals surface area contributed by atoms with Gasteiger partial charge in [-0.1, -0.05) is 49.4 Å². The number of nitrogens with one attached hydrogen (secondary N) is 1. The minimum absolute atomic E-state index is 0.458. The fourth-order valence-corrected chi connectivity index (χ4v) is 17.7. The second kappa shape index (κ2) is 17.4. The molecule has 1 fully saturated rings. The molecule has 2 aliphatic rings. The molecule has 0 spiro atoms. The third-order valence-electron chi connectivity index (χ3n) is 13.0. The van der Waals surface area contributed by atoms with E-state index >= 15 is 0 Å². The zero-order valence-corrected chi connectivity index (χ0v) is 38.3. The van der Waals surface area contributed by atoms with E-state index in [0.717, 1.165) is 68.6 Å². The van der Waals surface area contributed by atoms with Gasteiger partial charge in [0.2, 0.25) is 0 Å². The summed E-state index contributed by atoms with van der Waals surface area (Å²) in [6.45, 7) is 14.4. The standard InChI is InChI=1S/C51H60ClN6PS/c1-7-28-58-37(3)47(8-2)50(51(58)38-17-19-40(52)20-18-38)39-13-12-14-44(34-39)57-32-30-56(31-33-57)43-24-22-42(23-25-43)54-59(6,48-26-21-41(53)35-49(48)59)45(27-29-55(4)5)36-60-46-15-10-9-11-16-46/h8-26,34-35,45,54H,2,7,27-33,36,53H2,1,3-6H3. The molecule has 0 bridgehead atoms. The van der Waals surface area contributed by atoms with Crippen molar-refractivity contribution in [2.75, 3.05) is 79.9 Å². The monoisotopic (exact) mass is 854 g/mol. The van der Waals surface area contributed by atoms with Crippen LogP contribution in [0.15, 0.2) is 133 Å². The van der Waals surface area contributed by atoms with Gasteiger partial charge in [0.15, 0.2) is 0 Å². The number of rotatable bonds is 16. The summed E-state index contributed by atoms with van der Waals surface area (Å²) in [6.07, 6.45) is 4.18. The average Bonchev–Trinajstić information content (AvgIpc) is 3.67. The van der Waals surface area contributed by atoms with E-state index in [1.165, 1.54) is 66.2 Å². The molecular formula is C51H60ClN6PS. The molecule has 1 atom stereocenters. The summed E-state index contributed by atoms with van der Waals surface area (Å²) in [7, 11) is 4.37. The van der Waals surface area contributed by atoms with E-state index in [0.29, 0.717) is 5.66 Å². The number of halogens is 1. The molecule has 1 aromatic heterocycles. The Kier molecular flexibility index (Phi) is 12.2. The number of fused-ring (bicyclic) bond motifs is 1. The van der Waals surface area contributed by atoms with Crippen molar-refractivity contribution in [1.29, 1.82) is 0 Å².